The molecule has 0 aliphatic rings. The van der Waals surface area contributed by atoms with Crippen LogP contribution in [0.2, 0.25) is 0 Å². The second-order valence-corrected chi connectivity index (χ2v) is 4.76. The summed E-state index contributed by atoms with van der Waals surface area (Å²) in [4.78, 5) is 0. The van der Waals surface area contributed by atoms with Crippen LogP contribution in [0.1, 0.15) is 37.8 Å². The van der Waals surface area contributed by atoms with Crippen molar-refractivity contribution in [3.63, 3.8) is 0 Å². The Labute approximate surface area is 105 Å². The zero-order valence-electron chi connectivity index (χ0n) is 11.3. The van der Waals surface area contributed by atoms with Crippen molar-refractivity contribution >= 4 is 0 Å². The molecule has 0 amide bonds. The molecule has 0 aromatic heterocycles. The number of methoxy groups -OCH3 is 1. The van der Waals surface area contributed by atoms with Crippen LogP contribution < -0.4 is 5.73 Å². The van der Waals surface area contributed by atoms with E-state index in [1.165, 1.54) is 11.1 Å². The Kier molecular flexibility index (Phi) is 6.23. The molecule has 1 aromatic rings. The van der Waals surface area contributed by atoms with Crippen LogP contribution in [0.25, 0.3) is 0 Å². The molecule has 2 atom stereocenters. The first-order valence-corrected chi connectivity index (χ1v) is 6.51. The number of aryl methyl sites for hydroxylation is 1. The predicted octanol–water partition coefficient (Wildman–Crippen LogP) is 2.93. The van der Waals surface area contributed by atoms with E-state index in [-0.39, 0.29) is 6.04 Å². The van der Waals surface area contributed by atoms with Gasteiger partial charge < -0.3 is 10.5 Å². The maximum atomic E-state index is 6.12. The number of rotatable bonds is 7. The van der Waals surface area contributed by atoms with E-state index in [2.05, 4.69) is 38.1 Å². The molecule has 2 nitrogen and oxygen atoms in total. The minimum absolute atomic E-state index is 0.236. The fourth-order valence-corrected chi connectivity index (χ4v) is 1.88. The van der Waals surface area contributed by atoms with Crippen LogP contribution in [0.15, 0.2) is 24.3 Å². The van der Waals surface area contributed by atoms with E-state index in [0.717, 1.165) is 25.7 Å². The summed E-state index contributed by atoms with van der Waals surface area (Å²) in [5.74, 6) is 0. The standard InChI is InChI=1S/C15H25NO/c1-4-13-6-8-14(9-7-13)11-15(16)10-5-12(2)17-3/h6-9,12,15H,4-5,10-11,16H2,1-3H3. The van der Waals surface area contributed by atoms with Gasteiger partial charge in [-0.1, -0.05) is 31.2 Å². The molecule has 0 saturated carbocycles. The Hall–Kier alpha value is -0.860. The van der Waals surface area contributed by atoms with Crippen LogP contribution in [-0.4, -0.2) is 19.3 Å². The summed E-state index contributed by atoms with van der Waals surface area (Å²) in [6.45, 7) is 4.26. The summed E-state index contributed by atoms with van der Waals surface area (Å²) in [6, 6.07) is 9.01. The van der Waals surface area contributed by atoms with Gasteiger partial charge in [0.1, 0.15) is 0 Å². The fraction of sp³-hybridized carbons (Fsp3) is 0.600. The van der Waals surface area contributed by atoms with Gasteiger partial charge in [-0.25, -0.2) is 0 Å². The van der Waals surface area contributed by atoms with Gasteiger partial charge in [0, 0.05) is 13.2 Å². The van der Waals surface area contributed by atoms with Gasteiger partial charge in [0.15, 0.2) is 0 Å². The molecule has 0 bridgehead atoms. The molecule has 0 aliphatic carbocycles. The molecule has 2 heteroatoms. The first-order valence-electron chi connectivity index (χ1n) is 6.51. The maximum absolute atomic E-state index is 6.12. The van der Waals surface area contributed by atoms with Crippen molar-refractivity contribution in [2.24, 2.45) is 5.73 Å². The van der Waals surface area contributed by atoms with Gasteiger partial charge in [-0.15, -0.1) is 0 Å². The highest BCUT2D eigenvalue weighted by atomic mass is 16.5. The number of benzene rings is 1. The van der Waals surface area contributed by atoms with E-state index in [1.807, 2.05) is 0 Å². The van der Waals surface area contributed by atoms with Crippen molar-refractivity contribution in [1.82, 2.24) is 0 Å². The van der Waals surface area contributed by atoms with Crippen molar-refractivity contribution in [2.45, 2.75) is 51.7 Å². The summed E-state index contributed by atoms with van der Waals surface area (Å²) in [5, 5.41) is 0. The molecular formula is C15H25NO. The zero-order chi connectivity index (χ0) is 12.7. The van der Waals surface area contributed by atoms with Gasteiger partial charge in [-0.2, -0.15) is 0 Å². The molecule has 0 aliphatic heterocycles. The lowest BCUT2D eigenvalue weighted by Gasteiger charge is -2.14. The van der Waals surface area contributed by atoms with E-state index < -0.39 is 0 Å². The fourth-order valence-electron chi connectivity index (χ4n) is 1.88. The van der Waals surface area contributed by atoms with Crippen molar-refractivity contribution in [3.8, 4) is 0 Å². The summed E-state index contributed by atoms with van der Waals surface area (Å²) in [5.41, 5.74) is 8.84. The molecule has 0 radical (unpaired) electrons. The quantitative estimate of drug-likeness (QED) is 0.788. The third-order valence-electron chi connectivity index (χ3n) is 3.28. The zero-order valence-corrected chi connectivity index (χ0v) is 11.3. The van der Waals surface area contributed by atoms with E-state index in [4.69, 9.17) is 10.5 Å². The van der Waals surface area contributed by atoms with Gasteiger partial charge >= 0.3 is 0 Å². The summed E-state index contributed by atoms with van der Waals surface area (Å²) >= 11 is 0. The number of ether oxygens (including phenoxy) is 1. The highest BCUT2D eigenvalue weighted by molar-refractivity contribution is 5.23. The van der Waals surface area contributed by atoms with Gasteiger partial charge in [0.2, 0.25) is 0 Å². The third kappa shape index (κ3) is 5.33. The minimum atomic E-state index is 0.236. The maximum Gasteiger partial charge on any atom is 0.0543 e. The third-order valence-corrected chi connectivity index (χ3v) is 3.28. The number of hydrogen-bond acceptors (Lipinski definition) is 2. The Morgan fingerprint density at radius 3 is 2.24 bits per heavy atom. The van der Waals surface area contributed by atoms with E-state index in [1.54, 1.807) is 7.11 Å². The normalized spacial score (nSPS) is 14.6. The number of hydrogen-bond donors (Lipinski definition) is 1. The van der Waals surface area contributed by atoms with Crippen molar-refractivity contribution in [1.29, 1.82) is 0 Å². The molecule has 17 heavy (non-hydrogen) atoms. The Morgan fingerprint density at radius 2 is 1.71 bits per heavy atom. The molecule has 96 valence electrons. The van der Waals surface area contributed by atoms with Gasteiger partial charge in [0.05, 0.1) is 6.10 Å². The largest absolute Gasteiger partial charge is 0.382 e. The summed E-state index contributed by atoms with van der Waals surface area (Å²) in [7, 11) is 1.75. The van der Waals surface area contributed by atoms with E-state index in [0.29, 0.717) is 6.10 Å². The second-order valence-electron chi connectivity index (χ2n) is 4.76. The Bertz CT molecular complexity index is 307. The van der Waals surface area contributed by atoms with Crippen LogP contribution in [0.4, 0.5) is 0 Å². The summed E-state index contributed by atoms with van der Waals surface area (Å²) < 4.78 is 5.23. The first kappa shape index (κ1) is 14.2. The minimum Gasteiger partial charge on any atom is -0.382 e. The lowest BCUT2D eigenvalue weighted by Crippen LogP contribution is -2.24. The molecule has 0 spiro atoms. The molecule has 2 unspecified atom stereocenters. The van der Waals surface area contributed by atoms with Crippen molar-refractivity contribution in [2.75, 3.05) is 7.11 Å². The van der Waals surface area contributed by atoms with E-state index in [9.17, 15) is 0 Å². The van der Waals surface area contributed by atoms with Crippen LogP contribution in [0.5, 0.6) is 0 Å². The van der Waals surface area contributed by atoms with Crippen molar-refractivity contribution in [3.05, 3.63) is 35.4 Å². The average molecular weight is 235 g/mol. The van der Waals surface area contributed by atoms with Gasteiger partial charge in [-0.3, -0.25) is 0 Å². The average Bonchev–Trinajstić information content (AvgIpc) is 2.36. The second kappa shape index (κ2) is 7.46. The lowest BCUT2D eigenvalue weighted by atomic mass is 10.00. The van der Waals surface area contributed by atoms with Crippen molar-refractivity contribution < 1.29 is 4.74 Å². The predicted molar refractivity (Wildman–Crippen MR) is 73.2 cm³/mol. The van der Waals surface area contributed by atoms with Crippen LogP contribution in [0.3, 0.4) is 0 Å². The monoisotopic (exact) mass is 235 g/mol. The summed E-state index contributed by atoms with van der Waals surface area (Å²) in [6.07, 6.45) is 4.41. The smallest absolute Gasteiger partial charge is 0.0543 e. The molecular weight excluding hydrogens is 210 g/mol. The van der Waals surface area contributed by atoms with Gasteiger partial charge in [-0.05, 0) is 43.7 Å². The Morgan fingerprint density at radius 1 is 1.12 bits per heavy atom. The molecule has 1 rings (SSSR count). The topological polar surface area (TPSA) is 35.2 Å². The number of nitrogens with two attached hydrogens (primary N) is 1. The SMILES string of the molecule is CCc1ccc(CC(N)CCC(C)OC)cc1. The molecule has 1 aromatic carbocycles. The highest BCUT2D eigenvalue weighted by Gasteiger charge is 2.07. The van der Waals surface area contributed by atoms with Crippen LogP contribution in [0, 0.1) is 0 Å². The van der Waals surface area contributed by atoms with E-state index >= 15 is 0 Å². The first-order chi connectivity index (χ1) is 8.15. The molecule has 2 N–H and O–H groups in total. The molecule has 0 heterocycles. The Balaban J connectivity index is 2.36. The van der Waals surface area contributed by atoms with Crippen LogP contribution >= 0.6 is 0 Å². The molecule has 0 fully saturated rings. The molecule has 0 saturated heterocycles. The lowest BCUT2D eigenvalue weighted by molar-refractivity contribution is 0.107. The van der Waals surface area contributed by atoms with Crippen LogP contribution in [-0.2, 0) is 17.6 Å². The van der Waals surface area contributed by atoms with Gasteiger partial charge in [0.25, 0.3) is 0 Å². The highest BCUT2D eigenvalue weighted by Crippen LogP contribution is 2.10.